The number of hydrogen-bond acceptors (Lipinski definition) is 2. The van der Waals surface area contributed by atoms with Gasteiger partial charge in [-0.3, -0.25) is 0 Å². The van der Waals surface area contributed by atoms with E-state index in [0.717, 1.165) is 22.1 Å². The second kappa shape index (κ2) is 5.82. The fraction of sp³-hybridized carbons (Fsp3) is 0.188. The number of nitriles is 1. The van der Waals surface area contributed by atoms with Gasteiger partial charge >= 0.3 is 6.18 Å². The third-order valence-corrected chi connectivity index (χ3v) is 4.11. The maximum Gasteiger partial charge on any atom is 0.417 e. The summed E-state index contributed by atoms with van der Waals surface area (Å²) in [5.41, 5.74) is 0.977. The number of halogens is 3. The van der Waals surface area contributed by atoms with Crippen molar-refractivity contribution in [2.24, 2.45) is 0 Å². The van der Waals surface area contributed by atoms with Gasteiger partial charge in [0.25, 0.3) is 0 Å². The molecule has 0 aliphatic rings. The highest BCUT2D eigenvalue weighted by molar-refractivity contribution is 7.99. The number of nitrogens with zero attached hydrogens (tertiary/aromatic N) is 1. The van der Waals surface area contributed by atoms with Gasteiger partial charge in [-0.05, 0) is 55.3 Å². The molecule has 0 saturated heterocycles. The van der Waals surface area contributed by atoms with E-state index < -0.39 is 11.7 Å². The molecule has 5 heteroatoms. The maximum atomic E-state index is 12.9. The number of hydrogen-bond donors (Lipinski definition) is 0. The average Bonchev–Trinajstić information content (AvgIpc) is 2.42. The monoisotopic (exact) mass is 307 g/mol. The minimum Gasteiger partial charge on any atom is -0.192 e. The molecule has 0 aliphatic heterocycles. The Labute approximate surface area is 125 Å². The molecular weight excluding hydrogens is 295 g/mol. The highest BCUT2D eigenvalue weighted by Gasteiger charge is 2.33. The molecule has 0 fully saturated rings. The van der Waals surface area contributed by atoms with E-state index in [4.69, 9.17) is 5.26 Å². The SMILES string of the molecule is Cc1ccc(Sc2ccc(C#N)c(C(F)(F)F)c2)cc1C. The molecule has 0 radical (unpaired) electrons. The van der Waals surface area contributed by atoms with Gasteiger partial charge in [0.15, 0.2) is 0 Å². The summed E-state index contributed by atoms with van der Waals surface area (Å²) in [6, 6.07) is 11.1. The Bertz CT molecular complexity index is 714. The summed E-state index contributed by atoms with van der Waals surface area (Å²) in [7, 11) is 0. The van der Waals surface area contributed by atoms with Gasteiger partial charge in [-0.25, -0.2) is 0 Å². The summed E-state index contributed by atoms with van der Waals surface area (Å²) < 4.78 is 38.7. The molecule has 2 aromatic carbocycles. The molecule has 0 aromatic heterocycles. The zero-order chi connectivity index (χ0) is 15.6. The molecule has 0 heterocycles. The first-order chi connectivity index (χ1) is 9.81. The van der Waals surface area contributed by atoms with Crippen LogP contribution in [0.15, 0.2) is 46.2 Å². The molecule has 0 bridgehead atoms. The van der Waals surface area contributed by atoms with Crippen molar-refractivity contribution in [2.75, 3.05) is 0 Å². The summed E-state index contributed by atoms with van der Waals surface area (Å²) in [4.78, 5) is 1.33. The fourth-order valence-electron chi connectivity index (χ4n) is 1.83. The number of aryl methyl sites for hydroxylation is 2. The van der Waals surface area contributed by atoms with Crippen LogP contribution in [-0.2, 0) is 6.18 Å². The Morgan fingerprint density at radius 2 is 1.57 bits per heavy atom. The summed E-state index contributed by atoms with van der Waals surface area (Å²) >= 11 is 1.25. The van der Waals surface area contributed by atoms with Crippen molar-refractivity contribution < 1.29 is 13.2 Å². The van der Waals surface area contributed by atoms with Crippen LogP contribution < -0.4 is 0 Å². The molecule has 21 heavy (non-hydrogen) atoms. The van der Waals surface area contributed by atoms with Gasteiger partial charge in [0, 0.05) is 9.79 Å². The summed E-state index contributed by atoms with van der Waals surface area (Å²) in [5, 5.41) is 8.77. The van der Waals surface area contributed by atoms with Gasteiger partial charge in [0.05, 0.1) is 17.2 Å². The predicted octanol–water partition coefficient (Wildman–Crippen LogP) is 5.35. The lowest BCUT2D eigenvalue weighted by Gasteiger charge is -2.11. The lowest BCUT2D eigenvalue weighted by Crippen LogP contribution is -2.07. The minimum absolute atomic E-state index is 0.355. The van der Waals surface area contributed by atoms with Gasteiger partial charge in [-0.1, -0.05) is 17.8 Å². The Kier molecular flexibility index (Phi) is 4.29. The Morgan fingerprint density at radius 3 is 2.14 bits per heavy atom. The molecule has 0 unspecified atom stereocenters. The zero-order valence-corrected chi connectivity index (χ0v) is 12.3. The quantitative estimate of drug-likeness (QED) is 0.747. The van der Waals surface area contributed by atoms with Crippen molar-refractivity contribution in [3.8, 4) is 6.07 Å². The lowest BCUT2D eigenvalue weighted by molar-refractivity contribution is -0.137. The van der Waals surface area contributed by atoms with Gasteiger partial charge in [-0.15, -0.1) is 0 Å². The Balaban J connectivity index is 2.37. The highest BCUT2D eigenvalue weighted by Crippen LogP contribution is 2.36. The van der Waals surface area contributed by atoms with E-state index in [1.54, 1.807) is 6.07 Å². The Hall–Kier alpha value is -1.93. The zero-order valence-electron chi connectivity index (χ0n) is 11.5. The minimum atomic E-state index is -4.52. The third kappa shape index (κ3) is 3.59. The van der Waals surface area contributed by atoms with Crippen molar-refractivity contribution in [1.29, 1.82) is 5.26 Å². The van der Waals surface area contributed by atoms with E-state index in [2.05, 4.69) is 0 Å². The van der Waals surface area contributed by atoms with E-state index in [0.29, 0.717) is 4.90 Å². The van der Waals surface area contributed by atoms with Crippen molar-refractivity contribution in [1.82, 2.24) is 0 Å². The Morgan fingerprint density at radius 1 is 0.952 bits per heavy atom. The van der Waals surface area contributed by atoms with Gasteiger partial charge in [0.1, 0.15) is 0 Å². The molecule has 1 nitrogen and oxygen atoms in total. The molecule has 0 spiro atoms. The molecular formula is C16H12F3NS. The number of alkyl halides is 3. The molecule has 108 valence electrons. The van der Waals surface area contributed by atoms with Crippen LogP contribution in [0.3, 0.4) is 0 Å². The topological polar surface area (TPSA) is 23.8 Å². The smallest absolute Gasteiger partial charge is 0.192 e. The molecule has 2 aromatic rings. The summed E-state index contributed by atoms with van der Waals surface area (Å²) in [5.74, 6) is 0. The van der Waals surface area contributed by atoms with Crippen molar-refractivity contribution in [3.63, 3.8) is 0 Å². The second-order valence-corrected chi connectivity index (χ2v) is 5.81. The van der Waals surface area contributed by atoms with Gasteiger partial charge < -0.3 is 0 Å². The second-order valence-electron chi connectivity index (χ2n) is 4.67. The first-order valence-corrected chi connectivity index (χ1v) is 6.99. The molecule has 0 saturated carbocycles. The van der Waals surface area contributed by atoms with E-state index in [1.807, 2.05) is 32.0 Å². The molecule has 0 atom stereocenters. The first kappa shape index (κ1) is 15.5. The van der Waals surface area contributed by atoms with Crippen molar-refractivity contribution in [3.05, 3.63) is 58.7 Å². The fourth-order valence-corrected chi connectivity index (χ4v) is 2.79. The van der Waals surface area contributed by atoms with Crippen LogP contribution in [0.4, 0.5) is 13.2 Å². The van der Waals surface area contributed by atoms with Crippen LogP contribution in [0.1, 0.15) is 22.3 Å². The summed E-state index contributed by atoms with van der Waals surface area (Å²) in [6.45, 7) is 3.94. The van der Waals surface area contributed by atoms with Crippen LogP contribution in [0.25, 0.3) is 0 Å². The molecule has 0 amide bonds. The molecule has 0 aliphatic carbocycles. The van der Waals surface area contributed by atoms with E-state index in [-0.39, 0.29) is 5.56 Å². The van der Waals surface area contributed by atoms with Crippen LogP contribution in [0.5, 0.6) is 0 Å². The average molecular weight is 307 g/mol. The van der Waals surface area contributed by atoms with Crippen LogP contribution in [0, 0.1) is 25.2 Å². The van der Waals surface area contributed by atoms with E-state index in [1.165, 1.54) is 23.9 Å². The van der Waals surface area contributed by atoms with Crippen LogP contribution in [0.2, 0.25) is 0 Å². The molecule has 0 N–H and O–H groups in total. The van der Waals surface area contributed by atoms with Crippen molar-refractivity contribution >= 4 is 11.8 Å². The van der Waals surface area contributed by atoms with E-state index in [9.17, 15) is 13.2 Å². The normalized spacial score (nSPS) is 11.2. The maximum absolute atomic E-state index is 12.9. The van der Waals surface area contributed by atoms with E-state index >= 15 is 0 Å². The third-order valence-electron chi connectivity index (χ3n) is 3.13. The summed E-state index contributed by atoms with van der Waals surface area (Å²) in [6.07, 6.45) is -4.52. The van der Waals surface area contributed by atoms with Crippen LogP contribution in [-0.4, -0.2) is 0 Å². The number of rotatable bonds is 2. The largest absolute Gasteiger partial charge is 0.417 e. The van der Waals surface area contributed by atoms with Crippen LogP contribution >= 0.6 is 11.8 Å². The highest BCUT2D eigenvalue weighted by atomic mass is 32.2. The predicted molar refractivity (Wildman–Crippen MR) is 76.2 cm³/mol. The molecule has 2 rings (SSSR count). The standard InChI is InChI=1S/C16H12F3NS/c1-10-3-5-13(7-11(10)2)21-14-6-4-12(9-20)15(8-14)16(17,18)19/h3-8H,1-2H3. The number of benzene rings is 2. The van der Waals surface area contributed by atoms with Gasteiger partial charge in [0.2, 0.25) is 0 Å². The first-order valence-electron chi connectivity index (χ1n) is 6.17. The van der Waals surface area contributed by atoms with Gasteiger partial charge in [-0.2, -0.15) is 18.4 Å². The van der Waals surface area contributed by atoms with Crippen molar-refractivity contribution in [2.45, 2.75) is 29.8 Å². The lowest BCUT2D eigenvalue weighted by atomic mass is 10.1.